The van der Waals surface area contributed by atoms with E-state index in [1.165, 1.54) is 0 Å². The van der Waals surface area contributed by atoms with E-state index in [-0.39, 0.29) is 11.9 Å². The summed E-state index contributed by atoms with van der Waals surface area (Å²) in [5.74, 6) is -0.110. The number of aryl methyl sites for hydroxylation is 1. The first kappa shape index (κ1) is 9.18. The Hall–Kier alpha value is -1.39. The molecule has 1 aliphatic heterocycles. The molecule has 0 aliphatic carbocycles. The molecule has 1 unspecified atom stereocenters. The zero-order valence-corrected chi connectivity index (χ0v) is 8.14. The van der Waals surface area contributed by atoms with Crippen molar-refractivity contribution in [2.24, 2.45) is 5.92 Å². The van der Waals surface area contributed by atoms with E-state index in [9.17, 15) is 4.79 Å². The summed E-state index contributed by atoms with van der Waals surface area (Å²) < 4.78 is 6.83. The second-order valence-corrected chi connectivity index (χ2v) is 3.39. The summed E-state index contributed by atoms with van der Waals surface area (Å²) >= 11 is 0. The van der Waals surface area contributed by atoms with Crippen LogP contribution in [-0.2, 0) is 22.5 Å². The van der Waals surface area contributed by atoms with E-state index >= 15 is 0 Å². The lowest BCUT2D eigenvalue weighted by molar-refractivity contribution is -0.148. The van der Waals surface area contributed by atoms with Crippen LogP contribution in [0.4, 0.5) is 0 Å². The highest BCUT2D eigenvalue weighted by atomic mass is 16.5. The van der Waals surface area contributed by atoms with Gasteiger partial charge in [0.25, 0.3) is 0 Å². The van der Waals surface area contributed by atoms with Gasteiger partial charge in [0.1, 0.15) is 0 Å². The molecule has 0 saturated heterocycles. The smallest absolute Gasteiger partial charge is 0.309 e. The number of carbonyl (C=O) groups excluding carboxylic acids is 1. The van der Waals surface area contributed by atoms with Crippen molar-refractivity contribution in [3.8, 4) is 0 Å². The van der Waals surface area contributed by atoms with Crippen LogP contribution in [-0.4, -0.2) is 27.6 Å². The average molecular weight is 195 g/mol. The van der Waals surface area contributed by atoms with Gasteiger partial charge in [-0.2, -0.15) is 0 Å². The number of rotatable bonds is 2. The molecule has 5 heteroatoms. The summed E-state index contributed by atoms with van der Waals surface area (Å²) in [6, 6.07) is 0. The highest BCUT2D eigenvalue weighted by Gasteiger charge is 2.26. The van der Waals surface area contributed by atoms with Crippen LogP contribution in [0, 0.1) is 5.92 Å². The van der Waals surface area contributed by atoms with Crippen LogP contribution in [0.15, 0.2) is 6.20 Å². The van der Waals surface area contributed by atoms with Gasteiger partial charge in [-0.15, -0.1) is 5.10 Å². The third-order valence-corrected chi connectivity index (χ3v) is 2.46. The monoisotopic (exact) mass is 195 g/mol. The van der Waals surface area contributed by atoms with Gasteiger partial charge in [-0.25, -0.2) is 4.68 Å². The van der Waals surface area contributed by atoms with Crippen molar-refractivity contribution in [1.82, 2.24) is 15.0 Å². The molecule has 0 spiro atoms. The first-order valence-corrected chi connectivity index (χ1v) is 4.85. The van der Waals surface area contributed by atoms with Gasteiger partial charge < -0.3 is 4.74 Å². The van der Waals surface area contributed by atoms with Crippen molar-refractivity contribution < 1.29 is 9.53 Å². The molecule has 0 saturated carbocycles. The maximum absolute atomic E-state index is 11.5. The molecule has 0 fully saturated rings. The summed E-state index contributed by atoms with van der Waals surface area (Å²) in [6.45, 7) is 3.04. The molecular weight excluding hydrogens is 182 g/mol. The van der Waals surface area contributed by atoms with Gasteiger partial charge in [0, 0.05) is 13.0 Å². The Bertz CT molecular complexity index is 335. The van der Waals surface area contributed by atoms with Crippen LogP contribution >= 0.6 is 0 Å². The van der Waals surface area contributed by atoms with E-state index in [4.69, 9.17) is 4.74 Å². The first-order chi connectivity index (χ1) is 6.81. The zero-order valence-electron chi connectivity index (χ0n) is 8.14. The van der Waals surface area contributed by atoms with Gasteiger partial charge in [0.15, 0.2) is 0 Å². The van der Waals surface area contributed by atoms with Crippen LogP contribution in [0.1, 0.15) is 19.0 Å². The van der Waals surface area contributed by atoms with Crippen LogP contribution in [0.25, 0.3) is 0 Å². The van der Waals surface area contributed by atoms with Gasteiger partial charge in [-0.1, -0.05) is 5.21 Å². The highest BCUT2D eigenvalue weighted by molar-refractivity contribution is 5.72. The maximum Gasteiger partial charge on any atom is 0.309 e. The molecule has 0 bridgehead atoms. The van der Waals surface area contributed by atoms with Crippen molar-refractivity contribution in [3.05, 3.63) is 11.9 Å². The minimum atomic E-state index is -0.0973. The van der Waals surface area contributed by atoms with Crippen LogP contribution in [0.5, 0.6) is 0 Å². The van der Waals surface area contributed by atoms with Crippen molar-refractivity contribution in [1.29, 1.82) is 0 Å². The number of esters is 1. The molecule has 1 atom stereocenters. The number of ether oxygens (including phenoxy) is 1. The van der Waals surface area contributed by atoms with Crippen molar-refractivity contribution in [2.45, 2.75) is 26.3 Å². The molecule has 0 amide bonds. The van der Waals surface area contributed by atoms with Gasteiger partial charge in [0.2, 0.25) is 0 Å². The fourth-order valence-electron chi connectivity index (χ4n) is 1.72. The van der Waals surface area contributed by atoms with Crippen molar-refractivity contribution >= 4 is 5.97 Å². The SMILES string of the molecule is CCOC(=O)C1CCn2nncc2C1. The zero-order chi connectivity index (χ0) is 9.97. The lowest BCUT2D eigenvalue weighted by atomic mass is 9.97. The average Bonchev–Trinajstić information content (AvgIpc) is 2.64. The molecule has 1 aromatic heterocycles. The Labute approximate surface area is 82.1 Å². The van der Waals surface area contributed by atoms with E-state index in [1.807, 2.05) is 11.6 Å². The Kier molecular flexibility index (Phi) is 2.47. The molecular formula is C9H13N3O2. The fraction of sp³-hybridized carbons (Fsp3) is 0.667. The number of fused-ring (bicyclic) bond motifs is 1. The summed E-state index contributed by atoms with van der Waals surface area (Å²) in [4.78, 5) is 11.5. The Morgan fingerprint density at radius 1 is 1.79 bits per heavy atom. The maximum atomic E-state index is 11.5. The standard InChI is InChI=1S/C9H13N3O2/c1-2-14-9(13)7-3-4-12-8(5-7)6-10-11-12/h6-7H,2-5H2,1H3. The van der Waals surface area contributed by atoms with E-state index in [0.29, 0.717) is 13.0 Å². The van der Waals surface area contributed by atoms with Crippen LogP contribution in [0.2, 0.25) is 0 Å². The molecule has 2 rings (SSSR count). The Morgan fingerprint density at radius 2 is 2.64 bits per heavy atom. The highest BCUT2D eigenvalue weighted by Crippen LogP contribution is 2.19. The molecule has 0 N–H and O–H groups in total. The normalized spacial score (nSPS) is 20.2. The molecule has 76 valence electrons. The molecule has 2 heterocycles. The number of carbonyl (C=O) groups is 1. The lowest BCUT2D eigenvalue weighted by Gasteiger charge is -2.20. The van der Waals surface area contributed by atoms with Crippen molar-refractivity contribution in [3.63, 3.8) is 0 Å². The van der Waals surface area contributed by atoms with Crippen molar-refractivity contribution in [2.75, 3.05) is 6.61 Å². The third-order valence-electron chi connectivity index (χ3n) is 2.46. The fourth-order valence-corrected chi connectivity index (χ4v) is 1.72. The largest absolute Gasteiger partial charge is 0.466 e. The third kappa shape index (κ3) is 1.62. The molecule has 1 aromatic rings. The number of nitrogens with zero attached hydrogens (tertiary/aromatic N) is 3. The molecule has 0 aromatic carbocycles. The topological polar surface area (TPSA) is 57.0 Å². The second-order valence-electron chi connectivity index (χ2n) is 3.39. The summed E-state index contributed by atoms with van der Waals surface area (Å²) in [5.41, 5.74) is 1.02. The summed E-state index contributed by atoms with van der Waals surface area (Å²) in [6.07, 6.45) is 3.21. The molecule has 0 radical (unpaired) electrons. The Balaban J connectivity index is 2.04. The van der Waals surface area contributed by atoms with E-state index in [2.05, 4.69) is 10.3 Å². The molecule has 14 heavy (non-hydrogen) atoms. The number of hydrogen-bond donors (Lipinski definition) is 0. The van der Waals surface area contributed by atoms with Crippen LogP contribution < -0.4 is 0 Å². The van der Waals surface area contributed by atoms with E-state index in [1.54, 1.807) is 6.20 Å². The minimum absolute atomic E-state index is 0.0130. The van der Waals surface area contributed by atoms with E-state index in [0.717, 1.165) is 18.7 Å². The molecule has 5 nitrogen and oxygen atoms in total. The number of aromatic nitrogens is 3. The van der Waals surface area contributed by atoms with Gasteiger partial charge in [0.05, 0.1) is 24.4 Å². The van der Waals surface area contributed by atoms with E-state index < -0.39 is 0 Å². The second kappa shape index (κ2) is 3.77. The van der Waals surface area contributed by atoms with Gasteiger partial charge >= 0.3 is 5.97 Å². The predicted molar refractivity (Wildman–Crippen MR) is 48.5 cm³/mol. The first-order valence-electron chi connectivity index (χ1n) is 4.85. The predicted octanol–water partition coefficient (Wildman–Crippen LogP) is 0.404. The summed E-state index contributed by atoms with van der Waals surface area (Å²) in [7, 11) is 0. The summed E-state index contributed by atoms with van der Waals surface area (Å²) in [5, 5.41) is 7.72. The Morgan fingerprint density at radius 3 is 3.43 bits per heavy atom. The number of hydrogen-bond acceptors (Lipinski definition) is 4. The quantitative estimate of drug-likeness (QED) is 0.641. The van der Waals surface area contributed by atoms with Gasteiger partial charge in [-0.3, -0.25) is 4.79 Å². The minimum Gasteiger partial charge on any atom is -0.466 e. The molecule has 1 aliphatic rings. The van der Waals surface area contributed by atoms with Crippen LogP contribution in [0.3, 0.4) is 0 Å². The lowest BCUT2D eigenvalue weighted by Crippen LogP contribution is -2.27. The van der Waals surface area contributed by atoms with Gasteiger partial charge in [-0.05, 0) is 13.3 Å².